The second-order valence-electron chi connectivity index (χ2n) is 6.45. The predicted octanol–water partition coefficient (Wildman–Crippen LogP) is 2.74. The molecule has 0 saturated heterocycles. The average Bonchev–Trinajstić information content (AvgIpc) is 3.13. The van der Waals surface area contributed by atoms with E-state index in [0.29, 0.717) is 5.56 Å². The largest absolute Gasteiger partial charge is 0.435 e. The molecule has 0 aliphatic heterocycles. The highest BCUT2D eigenvalue weighted by molar-refractivity contribution is 7.89. The number of benzene rings is 2. The highest BCUT2D eigenvalue weighted by Crippen LogP contribution is 2.32. The zero-order valence-electron chi connectivity index (χ0n) is 15.7. The van der Waals surface area contributed by atoms with Gasteiger partial charge in [0.1, 0.15) is 5.82 Å². The molecule has 158 valence electrons. The van der Waals surface area contributed by atoms with Crippen LogP contribution in [0.2, 0.25) is 0 Å². The van der Waals surface area contributed by atoms with Crippen molar-refractivity contribution in [2.24, 2.45) is 5.14 Å². The molecule has 30 heavy (non-hydrogen) atoms. The van der Waals surface area contributed by atoms with Gasteiger partial charge in [-0.3, -0.25) is 9.69 Å². The third-order valence-electron chi connectivity index (χ3n) is 4.31. The summed E-state index contributed by atoms with van der Waals surface area (Å²) < 4.78 is 63.5. The molecule has 1 aromatic heterocycles. The number of hydrogen-bond donors (Lipinski definition) is 1. The van der Waals surface area contributed by atoms with Gasteiger partial charge in [0.25, 0.3) is 0 Å². The molecular formula is C19H17F3N4O3S. The van der Waals surface area contributed by atoms with Crippen LogP contribution in [0.15, 0.2) is 65.6 Å². The van der Waals surface area contributed by atoms with Crippen molar-refractivity contribution in [2.45, 2.75) is 17.5 Å². The number of sulfonamides is 1. The van der Waals surface area contributed by atoms with E-state index >= 15 is 0 Å². The van der Waals surface area contributed by atoms with Gasteiger partial charge >= 0.3 is 6.18 Å². The van der Waals surface area contributed by atoms with Crippen molar-refractivity contribution < 1.29 is 26.4 Å². The minimum atomic E-state index is -4.73. The number of hydrogen-bond acceptors (Lipinski definition) is 4. The predicted molar refractivity (Wildman–Crippen MR) is 103 cm³/mol. The van der Waals surface area contributed by atoms with Gasteiger partial charge in [-0.15, -0.1) is 0 Å². The molecule has 11 heteroatoms. The Labute approximate surface area is 170 Å². The average molecular weight is 438 g/mol. The molecule has 0 aliphatic rings. The van der Waals surface area contributed by atoms with E-state index in [2.05, 4.69) is 5.10 Å². The fourth-order valence-corrected chi connectivity index (χ4v) is 3.25. The minimum absolute atomic E-state index is 0.0196. The number of amides is 1. The Balaban J connectivity index is 2.01. The van der Waals surface area contributed by atoms with Crippen LogP contribution in [0.4, 0.5) is 19.0 Å². The van der Waals surface area contributed by atoms with Crippen LogP contribution in [0.25, 0.3) is 5.69 Å². The molecule has 0 atom stereocenters. The van der Waals surface area contributed by atoms with E-state index in [4.69, 9.17) is 5.14 Å². The van der Waals surface area contributed by atoms with Gasteiger partial charge in [-0.1, -0.05) is 30.3 Å². The first-order valence-electron chi connectivity index (χ1n) is 8.58. The highest BCUT2D eigenvalue weighted by atomic mass is 32.2. The van der Waals surface area contributed by atoms with Crippen LogP contribution in [-0.2, 0) is 27.4 Å². The summed E-state index contributed by atoms with van der Waals surface area (Å²) in [5.74, 6) is -0.566. The first kappa shape index (κ1) is 21.5. The Morgan fingerprint density at radius 1 is 1.10 bits per heavy atom. The highest BCUT2D eigenvalue weighted by Gasteiger charge is 2.36. The first-order chi connectivity index (χ1) is 14.0. The van der Waals surface area contributed by atoms with Crippen LogP contribution in [0.1, 0.15) is 11.3 Å². The molecule has 3 aromatic rings. The van der Waals surface area contributed by atoms with E-state index in [1.54, 1.807) is 30.3 Å². The van der Waals surface area contributed by atoms with Crippen LogP contribution >= 0.6 is 0 Å². The summed E-state index contributed by atoms with van der Waals surface area (Å²) in [4.78, 5) is 13.5. The third-order valence-corrected chi connectivity index (χ3v) is 5.24. The van der Waals surface area contributed by atoms with Crippen LogP contribution < -0.4 is 10.0 Å². The van der Waals surface area contributed by atoms with Crippen molar-refractivity contribution in [3.05, 3.63) is 71.9 Å². The lowest BCUT2D eigenvalue weighted by atomic mass is 10.1. The summed E-state index contributed by atoms with van der Waals surface area (Å²) >= 11 is 0. The summed E-state index contributed by atoms with van der Waals surface area (Å²) in [6.45, 7) is 0. The fourth-order valence-electron chi connectivity index (χ4n) is 2.73. The number of primary sulfonamides is 1. The van der Waals surface area contributed by atoms with Gasteiger partial charge < -0.3 is 0 Å². The van der Waals surface area contributed by atoms with E-state index in [-0.39, 0.29) is 22.8 Å². The molecule has 1 amide bonds. The first-order valence-corrected chi connectivity index (χ1v) is 10.1. The van der Waals surface area contributed by atoms with E-state index in [1.807, 2.05) is 0 Å². The van der Waals surface area contributed by atoms with E-state index in [1.165, 1.54) is 19.2 Å². The van der Waals surface area contributed by atoms with Gasteiger partial charge in [0, 0.05) is 13.1 Å². The molecule has 2 N–H and O–H groups in total. The van der Waals surface area contributed by atoms with Crippen LogP contribution in [0, 0.1) is 0 Å². The number of nitrogens with zero attached hydrogens (tertiary/aromatic N) is 3. The molecule has 7 nitrogen and oxygen atoms in total. The molecular weight excluding hydrogens is 421 g/mol. The number of alkyl halides is 3. The van der Waals surface area contributed by atoms with Gasteiger partial charge in [-0.2, -0.15) is 18.3 Å². The number of halogens is 3. The minimum Gasteiger partial charge on any atom is -0.300 e. The number of carbonyl (C=O) groups excluding carboxylic acids is 1. The standard InChI is InChI=1S/C19H17F3N4O3S/c1-25(18(27)11-13-5-3-2-4-6-13)17-12-16(19(20,21)22)24-26(17)14-7-9-15(10-8-14)30(23,28)29/h2-10,12H,11H2,1H3,(H2,23,28,29). The maximum Gasteiger partial charge on any atom is 0.435 e. The van der Waals surface area contributed by atoms with E-state index < -0.39 is 27.8 Å². The maximum absolute atomic E-state index is 13.3. The summed E-state index contributed by atoms with van der Waals surface area (Å²) in [6.07, 6.45) is -4.75. The number of aromatic nitrogens is 2. The maximum atomic E-state index is 13.3. The lowest BCUT2D eigenvalue weighted by molar-refractivity contribution is -0.141. The van der Waals surface area contributed by atoms with Crippen LogP contribution in [-0.4, -0.2) is 31.2 Å². The van der Waals surface area contributed by atoms with Gasteiger partial charge in [-0.05, 0) is 29.8 Å². The molecule has 0 fully saturated rings. The van der Waals surface area contributed by atoms with Crippen molar-refractivity contribution in [2.75, 3.05) is 11.9 Å². The fraction of sp³-hybridized carbons (Fsp3) is 0.158. The SMILES string of the molecule is CN(C(=O)Cc1ccccc1)c1cc(C(F)(F)F)nn1-c1ccc(S(N)(=O)=O)cc1. The second-order valence-corrected chi connectivity index (χ2v) is 8.01. The quantitative estimate of drug-likeness (QED) is 0.662. The monoisotopic (exact) mass is 438 g/mol. The molecule has 2 aromatic carbocycles. The Morgan fingerprint density at radius 3 is 2.23 bits per heavy atom. The smallest absolute Gasteiger partial charge is 0.300 e. The van der Waals surface area contributed by atoms with Crippen molar-refractivity contribution in [1.29, 1.82) is 0 Å². The van der Waals surface area contributed by atoms with Gasteiger partial charge in [0.2, 0.25) is 15.9 Å². The number of nitrogens with two attached hydrogens (primary N) is 1. The van der Waals surface area contributed by atoms with Crippen LogP contribution in [0.5, 0.6) is 0 Å². The van der Waals surface area contributed by atoms with Crippen molar-refractivity contribution in [3.8, 4) is 5.69 Å². The molecule has 0 bridgehead atoms. The number of rotatable bonds is 5. The topological polar surface area (TPSA) is 98.3 Å². The van der Waals surface area contributed by atoms with Crippen molar-refractivity contribution in [3.63, 3.8) is 0 Å². The summed E-state index contributed by atoms with van der Waals surface area (Å²) in [7, 11) is -2.62. The zero-order chi connectivity index (χ0) is 22.1. The summed E-state index contributed by atoms with van der Waals surface area (Å²) in [6, 6.07) is 14.3. The third kappa shape index (κ3) is 4.69. The lowest BCUT2D eigenvalue weighted by Crippen LogP contribution is -2.29. The molecule has 0 unspecified atom stereocenters. The number of anilines is 1. The van der Waals surface area contributed by atoms with Crippen molar-refractivity contribution >= 4 is 21.7 Å². The molecule has 3 rings (SSSR count). The van der Waals surface area contributed by atoms with E-state index in [0.717, 1.165) is 27.8 Å². The lowest BCUT2D eigenvalue weighted by Gasteiger charge is -2.18. The van der Waals surface area contributed by atoms with Gasteiger partial charge in [-0.25, -0.2) is 18.2 Å². The van der Waals surface area contributed by atoms with Crippen LogP contribution in [0.3, 0.4) is 0 Å². The number of carbonyl (C=O) groups is 1. The Hall–Kier alpha value is -3.18. The summed E-state index contributed by atoms with van der Waals surface area (Å²) in [5, 5.41) is 8.62. The molecule has 0 saturated carbocycles. The number of likely N-dealkylation sites (N-methyl/N-ethyl adjacent to an activating group) is 1. The summed E-state index contributed by atoms with van der Waals surface area (Å²) in [5.41, 5.74) is -0.353. The Bertz CT molecular complexity index is 1160. The molecule has 0 radical (unpaired) electrons. The normalized spacial score (nSPS) is 12.0. The zero-order valence-corrected chi connectivity index (χ0v) is 16.5. The molecule has 0 aliphatic carbocycles. The van der Waals surface area contributed by atoms with Crippen molar-refractivity contribution in [1.82, 2.24) is 9.78 Å². The second kappa shape index (κ2) is 7.92. The molecule has 0 spiro atoms. The Kier molecular flexibility index (Phi) is 5.68. The van der Waals surface area contributed by atoms with Gasteiger partial charge in [0.15, 0.2) is 5.69 Å². The van der Waals surface area contributed by atoms with E-state index in [9.17, 15) is 26.4 Å². The molecule has 1 heterocycles. The van der Waals surface area contributed by atoms with Gasteiger partial charge in [0.05, 0.1) is 17.0 Å². The Morgan fingerprint density at radius 2 is 1.70 bits per heavy atom.